The van der Waals surface area contributed by atoms with E-state index in [1.54, 1.807) is 0 Å². The Bertz CT molecular complexity index is 352. The molecule has 3 N–H and O–H groups in total. The molecule has 0 aliphatic rings. The van der Waals surface area contributed by atoms with Gasteiger partial charge in [-0.05, 0) is 21.8 Å². The van der Waals surface area contributed by atoms with Gasteiger partial charge < -0.3 is 0 Å². The molecular formula is C15H26N2S. The largest absolute Gasteiger partial charge is 0.271 e. The molecule has 3 heteroatoms. The fourth-order valence-corrected chi connectivity index (χ4v) is 2.61. The highest BCUT2D eigenvalue weighted by molar-refractivity contribution is 7.99. The topological polar surface area (TPSA) is 38.0 Å². The van der Waals surface area contributed by atoms with Crippen LogP contribution in [0.1, 0.15) is 51.8 Å². The molecule has 0 heterocycles. The second-order valence-electron chi connectivity index (χ2n) is 5.97. The summed E-state index contributed by atoms with van der Waals surface area (Å²) in [4.78, 5) is 0. The Hall–Kier alpha value is -0.510. The zero-order valence-electron chi connectivity index (χ0n) is 12.2. The van der Waals surface area contributed by atoms with Gasteiger partial charge in [-0.15, -0.1) is 0 Å². The van der Waals surface area contributed by atoms with Gasteiger partial charge in [-0.3, -0.25) is 11.3 Å². The fourth-order valence-electron chi connectivity index (χ4n) is 1.74. The van der Waals surface area contributed by atoms with E-state index in [-0.39, 0.29) is 11.5 Å². The second kappa shape index (κ2) is 6.60. The van der Waals surface area contributed by atoms with Crippen molar-refractivity contribution in [3.8, 4) is 0 Å². The minimum absolute atomic E-state index is 0.205. The zero-order chi connectivity index (χ0) is 13.8. The molecule has 0 bridgehead atoms. The summed E-state index contributed by atoms with van der Waals surface area (Å²) in [5.74, 6) is 6.65. The molecule has 0 spiro atoms. The Morgan fingerprint density at radius 2 is 1.72 bits per heavy atom. The number of hydrogen-bond donors (Lipinski definition) is 2. The van der Waals surface area contributed by atoms with Crippen LogP contribution < -0.4 is 11.3 Å². The van der Waals surface area contributed by atoms with Crippen molar-refractivity contribution in [1.29, 1.82) is 0 Å². The smallest absolute Gasteiger partial charge is 0.0550 e. The van der Waals surface area contributed by atoms with Crippen molar-refractivity contribution < 1.29 is 0 Å². The van der Waals surface area contributed by atoms with Gasteiger partial charge in [-0.25, -0.2) is 0 Å². The van der Waals surface area contributed by atoms with Crippen LogP contribution in [0, 0.1) is 0 Å². The average Bonchev–Trinajstić information content (AvgIpc) is 2.29. The molecule has 0 saturated carbocycles. The average molecular weight is 266 g/mol. The van der Waals surface area contributed by atoms with Crippen LogP contribution in [0.5, 0.6) is 0 Å². The maximum atomic E-state index is 5.65. The minimum atomic E-state index is 0.205. The molecule has 0 radical (unpaired) electrons. The van der Waals surface area contributed by atoms with Crippen LogP contribution in [0.2, 0.25) is 0 Å². The van der Waals surface area contributed by atoms with Gasteiger partial charge in [-0.2, -0.15) is 11.8 Å². The Morgan fingerprint density at radius 3 is 2.11 bits per heavy atom. The van der Waals surface area contributed by atoms with Crippen LogP contribution in [-0.4, -0.2) is 11.0 Å². The van der Waals surface area contributed by atoms with Crippen LogP contribution >= 0.6 is 11.8 Å². The lowest BCUT2D eigenvalue weighted by Crippen LogP contribution is -2.30. The predicted molar refractivity (Wildman–Crippen MR) is 82.8 cm³/mol. The maximum Gasteiger partial charge on any atom is 0.0550 e. The Labute approximate surface area is 116 Å². The summed E-state index contributed by atoms with van der Waals surface area (Å²) in [5, 5.41) is 0.634. The summed E-state index contributed by atoms with van der Waals surface area (Å²) in [7, 11) is 0. The van der Waals surface area contributed by atoms with Gasteiger partial charge >= 0.3 is 0 Å². The molecule has 0 aliphatic carbocycles. The summed E-state index contributed by atoms with van der Waals surface area (Å²) in [6.45, 7) is 11.1. The van der Waals surface area contributed by atoms with E-state index in [2.05, 4.69) is 64.3 Å². The van der Waals surface area contributed by atoms with Gasteiger partial charge in [-0.1, -0.05) is 58.9 Å². The molecule has 1 atom stereocenters. The molecule has 102 valence electrons. The summed E-state index contributed by atoms with van der Waals surface area (Å²) in [5.41, 5.74) is 5.74. The van der Waals surface area contributed by atoms with Crippen LogP contribution in [0.3, 0.4) is 0 Å². The standard InChI is InChI=1S/C15H26N2S/c1-11(2)18-10-14(17-16)12-6-8-13(9-7-12)15(3,4)5/h6-9,11,14,17H,10,16H2,1-5H3. The molecule has 0 aromatic heterocycles. The number of hydrazine groups is 1. The lowest BCUT2D eigenvalue weighted by atomic mass is 9.86. The van der Waals surface area contributed by atoms with Gasteiger partial charge in [0.25, 0.3) is 0 Å². The molecule has 0 fully saturated rings. The van der Waals surface area contributed by atoms with Gasteiger partial charge in [0, 0.05) is 5.75 Å². The predicted octanol–water partition coefficient (Wildman–Crippen LogP) is 3.63. The normalized spacial score (nSPS) is 13.9. The Morgan fingerprint density at radius 1 is 1.17 bits per heavy atom. The quantitative estimate of drug-likeness (QED) is 0.631. The second-order valence-corrected chi connectivity index (χ2v) is 7.58. The lowest BCUT2D eigenvalue weighted by Gasteiger charge is -2.21. The molecule has 2 nitrogen and oxygen atoms in total. The van der Waals surface area contributed by atoms with E-state index in [4.69, 9.17) is 5.84 Å². The summed E-state index contributed by atoms with van der Waals surface area (Å²) < 4.78 is 0. The van der Waals surface area contributed by atoms with Gasteiger partial charge in [0.05, 0.1) is 6.04 Å². The van der Waals surface area contributed by atoms with E-state index >= 15 is 0 Å². The monoisotopic (exact) mass is 266 g/mol. The van der Waals surface area contributed by atoms with Crippen LogP contribution in [0.4, 0.5) is 0 Å². The van der Waals surface area contributed by atoms with Crippen molar-refractivity contribution >= 4 is 11.8 Å². The Balaban J connectivity index is 2.76. The number of thioether (sulfide) groups is 1. The van der Waals surface area contributed by atoms with Gasteiger partial charge in [0.15, 0.2) is 0 Å². The third-order valence-corrected chi connectivity index (χ3v) is 4.17. The number of nitrogens with two attached hydrogens (primary N) is 1. The first-order chi connectivity index (χ1) is 8.34. The summed E-state index contributed by atoms with van der Waals surface area (Å²) in [6.07, 6.45) is 0. The molecule has 0 amide bonds. The molecule has 18 heavy (non-hydrogen) atoms. The highest BCUT2D eigenvalue weighted by atomic mass is 32.2. The maximum absolute atomic E-state index is 5.65. The number of nitrogens with one attached hydrogen (secondary N) is 1. The first-order valence-corrected chi connectivity index (χ1v) is 7.57. The zero-order valence-corrected chi connectivity index (χ0v) is 13.0. The molecular weight excluding hydrogens is 240 g/mol. The molecule has 0 aliphatic heterocycles. The molecule has 0 saturated heterocycles. The Kier molecular flexibility index (Phi) is 5.70. The van der Waals surface area contributed by atoms with Crippen LogP contribution in [0.25, 0.3) is 0 Å². The van der Waals surface area contributed by atoms with E-state index in [9.17, 15) is 0 Å². The highest BCUT2D eigenvalue weighted by Gasteiger charge is 2.15. The van der Waals surface area contributed by atoms with Gasteiger partial charge in [0.2, 0.25) is 0 Å². The van der Waals surface area contributed by atoms with E-state index in [0.717, 1.165) is 5.75 Å². The molecule has 1 aromatic rings. The lowest BCUT2D eigenvalue weighted by molar-refractivity contribution is 0.585. The molecule has 1 aromatic carbocycles. The van der Waals surface area contributed by atoms with Crippen molar-refractivity contribution in [3.05, 3.63) is 35.4 Å². The van der Waals surface area contributed by atoms with Gasteiger partial charge in [0.1, 0.15) is 0 Å². The first-order valence-electron chi connectivity index (χ1n) is 6.52. The van der Waals surface area contributed by atoms with Crippen molar-refractivity contribution in [2.45, 2.75) is 51.3 Å². The molecule has 1 unspecified atom stereocenters. The summed E-state index contributed by atoms with van der Waals surface area (Å²) >= 11 is 1.93. The fraction of sp³-hybridized carbons (Fsp3) is 0.600. The van der Waals surface area contributed by atoms with Crippen molar-refractivity contribution in [2.24, 2.45) is 5.84 Å². The van der Waals surface area contributed by atoms with Crippen molar-refractivity contribution in [1.82, 2.24) is 5.43 Å². The minimum Gasteiger partial charge on any atom is -0.271 e. The number of rotatable bonds is 5. The van der Waals surface area contributed by atoms with Crippen molar-refractivity contribution in [3.63, 3.8) is 0 Å². The van der Waals surface area contributed by atoms with E-state index < -0.39 is 0 Å². The highest BCUT2D eigenvalue weighted by Crippen LogP contribution is 2.25. The summed E-state index contributed by atoms with van der Waals surface area (Å²) in [6, 6.07) is 9.02. The third-order valence-electron chi connectivity index (χ3n) is 2.98. The van der Waals surface area contributed by atoms with Crippen molar-refractivity contribution in [2.75, 3.05) is 5.75 Å². The first kappa shape index (κ1) is 15.5. The number of benzene rings is 1. The van der Waals surface area contributed by atoms with E-state index in [1.807, 2.05) is 11.8 Å². The SMILES string of the molecule is CC(C)SCC(NN)c1ccc(C(C)(C)C)cc1. The van der Waals surface area contributed by atoms with E-state index in [1.165, 1.54) is 11.1 Å². The van der Waals surface area contributed by atoms with Crippen LogP contribution in [-0.2, 0) is 5.41 Å². The third kappa shape index (κ3) is 4.63. The molecule has 1 rings (SSSR count). The number of hydrogen-bond acceptors (Lipinski definition) is 3. The van der Waals surface area contributed by atoms with E-state index in [0.29, 0.717) is 5.25 Å². The van der Waals surface area contributed by atoms with Crippen LogP contribution in [0.15, 0.2) is 24.3 Å².